The van der Waals surface area contributed by atoms with Crippen molar-refractivity contribution in [3.8, 4) is 22.9 Å². The lowest BCUT2D eigenvalue weighted by Crippen LogP contribution is -2.29. The van der Waals surface area contributed by atoms with Crippen LogP contribution in [0.4, 0.5) is 20.3 Å². The van der Waals surface area contributed by atoms with Gasteiger partial charge in [0.1, 0.15) is 34.4 Å². The molecule has 2 N–H and O–H groups in total. The van der Waals surface area contributed by atoms with Gasteiger partial charge in [0, 0.05) is 36.6 Å². The van der Waals surface area contributed by atoms with E-state index < -0.39 is 23.1 Å². The molecule has 0 fully saturated rings. The second-order valence-electron chi connectivity index (χ2n) is 8.24. The molecule has 0 unspecified atom stereocenters. The topological polar surface area (TPSA) is 112 Å². The number of carbonyl (C=O) groups excluding carboxylic acids is 2. The van der Waals surface area contributed by atoms with Crippen LogP contribution in [0.1, 0.15) is 30.6 Å². The fourth-order valence-electron chi connectivity index (χ4n) is 3.60. The molecular weight excluding hydrogens is 546 g/mol. The van der Waals surface area contributed by atoms with Gasteiger partial charge in [-0.2, -0.15) is 0 Å². The zero-order chi connectivity index (χ0) is 28.8. The van der Waals surface area contributed by atoms with Crippen LogP contribution in [0.25, 0.3) is 5.69 Å². The minimum Gasteiger partial charge on any atom is -0.493 e. The summed E-state index contributed by atoms with van der Waals surface area (Å²) in [5.41, 5.74) is -1.15. The third kappa shape index (κ3) is 6.44. The van der Waals surface area contributed by atoms with E-state index in [1.807, 2.05) is 0 Å². The van der Waals surface area contributed by atoms with Gasteiger partial charge in [-0.1, -0.05) is 18.5 Å². The highest BCUT2D eigenvalue weighted by molar-refractivity contribution is 6.32. The standard InChI is InChI=1S/C28H23ClF2N4O5/c1-3-25(36)34-24-13-18(9-11-32-24)40-23-15-20(31)21(14-19(23)29)33-27(37)26-22(39-4-2)10-12-35(28(26)38)17-7-5-16(30)6-8-17/h5-15H,3-4H2,1-2H3,(H,33,37)(H,32,34,36). The Morgan fingerprint density at radius 1 is 1.00 bits per heavy atom. The van der Waals surface area contributed by atoms with E-state index in [1.165, 1.54) is 54.9 Å². The number of carbonyl (C=O) groups is 2. The Labute approximate surface area is 232 Å². The second-order valence-corrected chi connectivity index (χ2v) is 8.64. The molecule has 9 nitrogen and oxygen atoms in total. The van der Waals surface area contributed by atoms with Gasteiger partial charge in [-0.25, -0.2) is 13.8 Å². The van der Waals surface area contributed by atoms with Gasteiger partial charge in [0.05, 0.1) is 17.3 Å². The molecule has 0 aliphatic carbocycles. The van der Waals surface area contributed by atoms with E-state index in [9.17, 15) is 18.8 Å². The summed E-state index contributed by atoms with van der Waals surface area (Å²) in [5.74, 6) is -2.19. The maximum Gasteiger partial charge on any atom is 0.271 e. The molecule has 2 aromatic heterocycles. The molecule has 4 aromatic rings. The molecule has 40 heavy (non-hydrogen) atoms. The average Bonchev–Trinajstić information content (AvgIpc) is 2.92. The maximum absolute atomic E-state index is 15.1. The van der Waals surface area contributed by atoms with Crippen LogP contribution in [0.2, 0.25) is 5.02 Å². The largest absolute Gasteiger partial charge is 0.493 e. The molecule has 2 amide bonds. The first-order valence-electron chi connectivity index (χ1n) is 12.1. The van der Waals surface area contributed by atoms with Gasteiger partial charge in [-0.3, -0.25) is 19.0 Å². The van der Waals surface area contributed by atoms with Crippen LogP contribution in [0.3, 0.4) is 0 Å². The van der Waals surface area contributed by atoms with Gasteiger partial charge in [-0.15, -0.1) is 0 Å². The Morgan fingerprint density at radius 2 is 1.75 bits per heavy atom. The van der Waals surface area contributed by atoms with E-state index in [1.54, 1.807) is 13.8 Å². The highest BCUT2D eigenvalue weighted by Gasteiger charge is 2.22. The second kappa shape index (κ2) is 12.4. The number of hydrogen-bond acceptors (Lipinski definition) is 6. The number of anilines is 2. The minimum absolute atomic E-state index is 0.0153. The van der Waals surface area contributed by atoms with Crippen LogP contribution < -0.4 is 25.7 Å². The fraction of sp³-hybridized carbons (Fsp3) is 0.143. The summed E-state index contributed by atoms with van der Waals surface area (Å²) in [7, 11) is 0. The summed E-state index contributed by atoms with van der Waals surface area (Å²) in [6.07, 6.45) is 3.04. The van der Waals surface area contributed by atoms with Crippen LogP contribution in [-0.4, -0.2) is 28.0 Å². The predicted octanol–water partition coefficient (Wildman–Crippen LogP) is 5.96. The Balaban J connectivity index is 1.61. The Kier molecular flexibility index (Phi) is 8.75. The number of amides is 2. The Morgan fingerprint density at radius 3 is 2.45 bits per heavy atom. The highest BCUT2D eigenvalue weighted by Crippen LogP contribution is 2.34. The molecule has 2 aromatic carbocycles. The number of benzene rings is 2. The quantitative estimate of drug-likeness (QED) is 0.258. The van der Waals surface area contributed by atoms with Gasteiger partial charge < -0.3 is 20.1 Å². The maximum atomic E-state index is 15.1. The molecular formula is C28H23ClF2N4O5. The average molecular weight is 569 g/mol. The molecule has 4 rings (SSSR count). The van der Waals surface area contributed by atoms with Gasteiger partial charge in [0.2, 0.25) is 5.91 Å². The van der Waals surface area contributed by atoms with E-state index in [0.29, 0.717) is 5.69 Å². The SMILES string of the molecule is CCOc1ccn(-c2ccc(F)cc2)c(=O)c1C(=O)Nc1cc(Cl)c(Oc2ccnc(NC(=O)CC)c2)cc1F. The zero-order valence-corrected chi connectivity index (χ0v) is 22.1. The van der Waals surface area contributed by atoms with E-state index in [4.69, 9.17) is 21.1 Å². The fourth-order valence-corrected chi connectivity index (χ4v) is 3.80. The van der Waals surface area contributed by atoms with Gasteiger partial charge >= 0.3 is 0 Å². The number of pyridine rings is 2. The highest BCUT2D eigenvalue weighted by atomic mass is 35.5. The van der Waals surface area contributed by atoms with Crippen LogP contribution in [0, 0.1) is 11.6 Å². The number of ether oxygens (including phenoxy) is 2. The normalized spacial score (nSPS) is 10.6. The predicted molar refractivity (Wildman–Crippen MR) is 146 cm³/mol. The van der Waals surface area contributed by atoms with Crippen LogP contribution >= 0.6 is 11.6 Å². The first kappa shape index (κ1) is 28.2. The molecule has 0 spiro atoms. The summed E-state index contributed by atoms with van der Waals surface area (Å²) in [6, 6.07) is 11.5. The number of nitrogens with zero attached hydrogens (tertiary/aromatic N) is 2. The number of rotatable bonds is 9. The van der Waals surface area contributed by atoms with Crippen molar-refractivity contribution in [1.29, 1.82) is 0 Å². The molecule has 206 valence electrons. The van der Waals surface area contributed by atoms with Gasteiger partial charge in [0.25, 0.3) is 11.5 Å². The minimum atomic E-state index is -0.945. The third-order valence-corrected chi connectivity index (χ3v) is 5.80. The molecule has 0 saturated carbocycles. The summed E-state index contributed by atoms with van der Waals surface area (Å²) in [6.45, 7) is 3.52. The zero-order valence-electron chi connectivity index (χ0n) is 21.3. The first-order valence-corrected chi connectivity index (χ1v) is 12.5. The van der Waals surface area contributed by atoms with Crippen LogP contribution in [0.15, 0.2) is 71.8 Å². The van der Waals surface area contributed by atoms with Gasteiger partial charge in [-0.05, 0) is 49.4 Å². The molecule has 0 radical (unpaired) electrons. The molecule has 2 heterocycles. The van der Waals surface area contributed by atoms with Crippen molar-refractivity contribution in [2.75, 3.05) is 17.2 Å². The van der Waals surface area contributed by atoms with E-state index >= 15 is 4.39 Å². The van der Waals surface area contributed by atoms with Crippen molar-refractivity contribution < 1.29 is 27.8 Å². The van der Waals surface area contributed by atoms with Crippen molar-refractivity contribution in [2.24, 2.45) is 0 Å². The lowest BCUT2D eigenvalue weighted by atomic mass is 10.2. The first-order chi connectivity index (χ1) is 19.2. The molecule has 0 aliphatic rings. The summed E-state index contributed by atoms with van der Waals surface area (Å²) < 4.78 is 40.7. The lowest BCUT2D eigenvalue weighted by molar-refractivity contribution is -0.115. The monoisotopic (exact) mass is 568 g/mol. The molecule has 0 aliphatic heterocycles. The molecule has 0 bridgehead atoms. The molecule has 12 heteroatoms. The van der Waals surface area contributed by atoms with Crippen LogP contribution in [0.5, 0.6) is 17.2 Å². The number of hydrogen-bond donors (Lipinski definition) is 2. The summed E-state index contributed by atoms with van der Waals surface area (Å²) in [5, 5.41) is 4.90. The molecule has 0 atom stereocenters. The van der Waals surface area contributed by atoms with Crippen LogP contribution in [-0.2, 0) is 4.79 Å². The van der Waals surface area contributed by atoms with Gasteiger partial charge in [0.15, 0.2) is 5.82 Å². The Bertz CT molecular complexity index is 1630. The van der Waals surface area contributed by atoms with E-state index in [-0.39, 0.29) is 58.3 Å². The van der Waals surface area contributed by atoms with Crippen molar-refractivity contribution in [2.45, 2.75) is 20.3 Å². The summed E-state index contributed by atoms with van der Waals surface area (Å²) in [4.78, 5) is 42.1. The number of nitrogens with one attached hydrogen (secondary N) is 2. The lowest BCUT2D eigenvalue weighted by Gasteiger charge is -2.15. The van der Waals surface area contributed by atoms with Crippen molar-refractivity contribution in [3.05, 3.63) is 99.6 Å². The number of halogens is 3. The smallest absolute Gasteiger partial charge is 0.271 e. The summed E-state index contributed by atoms with van der Waals surface area (Å²) >= 11 is 6.31. The van der Waals surface area contributed by atoms with Crippen molar-refractivity contribution >= 4 is 34.9 Å². The molecule has 0 saturated heterocycles. The Hall–Kier alpha value is -4.77. The van der Waals surface area contributed by atoms with E-state index in [2.05, 4.69) is 15.6 Å². The van der Waals surface area contributed by atoms with E-state index in [0.717, 1.165) is 16.7 Å². The third-order valence-electron chi connectivity index (χ3n) is 5.50. The number of aromatic nitrogens is 2. The van der Waals surface area contributed by atoms with Crippen molar-refractivity contribution in [3.63, 3.8) is 0 Å². The van der Waals surface area contributed by atoms with Crippen molar-refractivity contribution in [1.82, 2.24) is 9.55 Å².